The van der Waals surface area contributed by atoms with Gasteiger partial charge in [0.05, 0.1) is 0 Å². The summed E-state index contributed by atoms with van der Waals surface area (Å²) >= 11 is 0. The van der Waals surface area contributed by atoms with Gasteiger partial charge in [-0.05, 0) is 80.7 Å². The maximum atomic E-state index is 15.0. The summed E-state index contributed by atoms with van der Waals surface area (Å²) in [6, 6.07) is 39.4. The molecule has 4 aromatic carbocycles. The van der Waals surface area contributed by atoms with Crippen LogP contribution in [-0.2, 0) is 30.5 Å². The van der Waals surface area contributed by atoms with Crippen molar-refractivity contribution in [2.24, 2.45) is 11.8 Å². The minimum atomic E-state index is -3.01. The van der Waals surface area contributed by atoms with E-state index in [-0.39, 0.29) is 35.5 Å². The van der Waals surface area contributed by atoms with Crippen molar-refractivity contribution in [3.05, 3.63) is 139 Å². The molecule has 0 spiro atoms. The smallest absolute Gasteiger partial charge is 0.343 e. The van der Waals surface area contributed by atoms with Crippen LogP contribution >= 0.6 is 6.89 Å². The monoisotopic (exact) mass is 646 g/mol. The fourth-order valence-electron chi connectivity index (χ4n) is 6.30. The first-order valence-electron chi connectivity index (χ1n) is 16.3. The molecule has 5 nitrogen and oxygen atoms in total. The van der Waals surface area contributed by atoms with Crippen LogP contribution in [0.3, 0.4) is 0 Å². The van der Waals surface area contributed by atoms with Crippen molar-refractivity contribution in [3.63, 3.8) is 0 Å². The number of allylic oxidation sites excluding steroid dienone is 1. The molecule has 1 saturated carbocycles. The molecule has 0 radical (unpaired) electrons. The van der Waals surface area contributed by atoms with Gasteiger partial charge in [0.2, 0.25) is 0 Å². The Morgan fingerprint density at radius 1 is 0.681 bits per heavy atom. The molecule has 5 rings (SSSR count). The van der Waals surface area contributed by atoms with Gasteiger partial charge in [0, 0.05) is 12.0 Å². The molecular formula is C41H43O5P. The third kappa shape index (κ3) is 8.28. The molecule has 0 amide bonds. The van der Waals surface area contributed by atoms with Gasteiger partial charge in [-0.15, -0.1) is 0 Å². The van der Waals surface area contributed by atoms with E-state index in [1.807, 2.05) is 148 Å². The number of rotatable bonds is 10. The first kappa shape index (κ1) is 33.9. The van der Waals surface area contributed by atoms with Gasteiger partial charge in [-0.25, -0.2) is 9.59 Å². The highest BCUT2D eigenvalue weighted by molar-refractivity contribution is 7.97. The third-order valence-electron chi connectivity index (χ3n) is 8.46. The quantitative estimate of drug-likeness (QED) is 0.0791. The molecule has 0 bridgehead atoms. The van der Waals surface area contributed by atoms with E-state index in [9.17, 15) is 9.59 Å². The van der Waals surface area contributed by atoms with E-state index in [0.29, 0.717) is 12.8 Å². The Hall–Kier alpha value is -4.47. The SMILES string of the molecule is CC(C)(C)OC(=O)/C=C/C1CCC(C(=O)C(C(=O)OCc2ccccc2)=P(c2ccccc2)(c2ccccc2)c2ccccc2)CC1. The highest BCUT2D eigenvalue weighted by atomic mass is 31.2. The summed E-state index contributed by atoms with van der Waals surface area (Å²) in [5, 5.41) is 2.99. The molecule has 1 fully saturated rings. The number of hydrogen-bond donors (Lipinski definition) is 0. The summed E-state index contributed by atoms with van der Waals surface area (Å²) in [6.45, 7) is 2.59. The standard InChI is InChI=1S/C41H43O5P/c1-41(2,3)46-37(42)29-26-31-24-27-33(28-25-31)38(43)39(40(44)45-30-32-16-8-4-9-17-32)47(34-18-10-5-11-19-34,35-20-12-6-13-21-35)36-22-14-7-15-23-36/h4-23,26,29,31,33H,24-25,27-28,30H2,1-3H3/b29-26+. The van der Waals surface area contributed by atoms with Gasteiger partial charge in [0.25, 0.3) is 0 Å². The number of ketones is 1. The van der Waals surface area contributed by atoms with Crippen molar-refractivity contribution in [2.45, 2.75) is 58.7 Å². The van der Waals surface area contributed by atoms with Crippen LogP contribution in [0.25, 0.3) is 0 Å². The van der Waals surface area contributed by atoms with Crippen LogP contribution in [0, 0.1) is 11.8 Å². The molecule has 0 heterocycles. The van der Waals surface area contributed by atoms with Gasteiger partial charge < -0.3 is 9.47 Å². The van der Waals surface area contributed by atoms with Crippen LogP contribution in [0.1, 0.15) is 52.0 Å². The van der Waals surface area contributed by atoms with E-state index in [0.717, 1.165) is 34.3 Å². The second-order valence-corrected chi connectivity index (χ2v) is 16.3. The Kier molecular flexibility index (Phi) is 11.1. The van der Waals surface area contributed by atoms with Crippen molar-refractivity contribution in [1.29, 1.82) is 0 Å². The van der Waals surface area contributed by atoms with Gasteiger partial charge in [0.15, 0.2) is 5.78 Å². The molecule has 242 valence electrons. The summed E-state index contributed by atoms with van der Waals surface area (Å²) in [4.78, 5) is 42.0. The molecule has 0 saturated heterocycles. The van der Waals surface area contributed by atoms with Gasteiger partial charge in [0.1, 0.15) is 17.5 Å². The van der Waals surface area contributed by atoms with Crippen LogP contribution < -0.4 is 15.9 Å². The molecular weight excluding hydrogens is 603 g/mol. The summed E-state index contributed by atoms with van der Waals surface area (Å²) in [5.41, 5.74) is 0.298. The zero-order valence-electron chi connectivity index (χ0n) is 27.4. The lowest BCUT2D eigenvalue weighted by Gasteiger charge is -2.34. The van der Waals surface area contributed by atoms with E-state index in [2.05, 4.69) is 0 Å². The lowest BCUT2D eigenvalue weighted by Crippen LogP contribution is -2.41. The van der Waals surface area contributed by atoms with Crippen molar-refractivity contribution in [2.75, 3.05) is 0 Å². The highest BCUT2D eigenvalue weighted by Gasteiger charge is 2.41. The van der Waals surface area contributed by atoms with Gasteiger partial charge >= 0.3 is 11.9 Å². The summed E-state index contributed by atoms with van der Waals surface area (Å²) < 4.78 is 11.5. The topological polar surface area (TPSA) is 69.7 Å². The molecule has 1 aliphatic rings. The fourth-order valence-corrected chi connectivity index (χ4v) is 10.7. The van der Waals surface area contributed by atoms with Crippen LogP contribution in [0.15, 0.2) is 133 Å². The maximum Gasteiger partial charge on any atom is 0.343 e. The zero-order valence-corrected chi connectivity index (χ0v) is 28.3. The van der Waals surface area contributed by atoms with Crippen molar-refractivity contribution in [3.8, 4) is 0 Å². The molecule has 1 aliphatic carbocycles. The number of Topliss-reactive ketones (excluding diaryl/α,β-unsaturated/α-hetero) is 1. The second-order valence-electron chi connectivity index (χ2n) is 13.0. The normalized spacial score (nSPS) is 16.7. The molecule has 0 aromatic heterocycles. The van der Waals surface area contributed by atoms with Crippen LogP contribution in [-0.4, -0.2) is 28.6 Å². The minimum absolute atomic E-state index is 0.0665. The number of carbonyl (C=O) groups is 3. The van der Waals surface area contributed by atoms with Crippen molar-refractivity contribution < 1.29 is 23.9 Å². The Balaban J connectivity index is 1.62. The average Bonchev–Trinajstić information content (AvgIpc) is 3.09. The largest absolute Gasteiger partial charge is 0.457 e. The molecule has 0 aliphatic heterocycles. The predicted molar refractivity (Wildman–Crippen MR) is 192 cm³/mol. The van der Waals surface area contributed by atoms with Gasteiger partial charge in [-0.2, -0.15) is 0 Å². The van der Waals surface area contributed by atoms with Crippen molar-refractivity contribution >= 4 is 45.8 Å². The first-order chi connectivity index (χ1) is 22.7. The lowest BCUT2D eigenvalue weighted by molar-refractivity contribution is -0.148. The van der Waals surface area contributed by atoms with E-state index in [4.69, 9.17) is 9.47 Å². The molecule has 0 N–H and O–H groups in total. The molecule has 0 atom stereocenters. The first-order valence-corrected chi connectivity index (χ1v) is 18.1. The van der Waals surface area contributed by atoms with E-state index in [1.165, 1.54) is 6.08 Å². The van der Waals surface area contributed by atoms with E-state index < -0.39 is 18.5 Å². The Morgan fingerprint density at radius 2 is 1.13 bits per heavy atom. The van der Waals surface area contributed by atoms with Crippen LogP contribution in [0.5, 0.6) is 0 Å². The average molecular weight is 647 g/mol. The zero-order chi connectivity index (χ0) is 33.3. The fraction of sp³-hybridized carbons (Fsp3) is 0.268. The molecule has 47 heavy (non-hydrogen) atoms. The van der Waals surface area contributed by atoms with E-state index in [1.54, 1.807) is 0 Å². The van der Waals surface area contributed by atoms with Gasteiger partial charge in [-0.3, -0.25) is 4.79 Å². The Morgan fingerprint density at radius 3 is 1.57 bits per heavy atom. The van der Waals surface area contributed by atoms with Crippen molar-refractivity contribution in [1.82, 2.24) is 0 Å². The minimum Gasteiger partial charge on any atom is -0.457 e. The summed E-state index contributed by atoms with van der Waals surface area (Å²) in [7, 11) is 0. The Labute approximate surface area is 278 Å². The number of esters is 2. The number of benzene rings is 4. The van der Waals surface area contributed by atoms with Crippen LogP contribution in [0.2, 0.25) is 0 Å². The van der Waals surface area contributed by atoms with Gasteiger partial charge in [-0.1, -0.05) is 127 Å². The highest BCUT2D eigenvalue weighted by Crippen LogP contribution is 2.48. The van der Waals surface area contributed by atoms with E-state index >= 15 is 4.79 Å². The predicted octanol–water partition coefficient (Wildman–Crippen LogP) is 7.17. The third-order valence-corrected chi connectivity index (χ3v) is 12.8. The number of hydrogen-bond acceptors (Lipinski definition) is 5. The maximum absolute atomic E-state index is 15.0. The summed E-state index contributed by atoms with van der Waals surface area (Å²) in [6.07, 6.45) is 6.09. The summed E-state index contributed by atoms with van der Waals surface area (Å²) in [5.74, 6) is -1.29. The lowest BCUT2D eigenvalue weighted by atomic mass is 9.79. The molecule has 6 heteroatoms. The number of ether oxygens (including phenoxy) is 2. The second kappa shape index (κ2) is 15.4. The number of carbonyl (C=O) groups excluding carboxylic acids is 3. The molecule has 0 unspecified atom stereocenters. The molecule has 4 aromatic rings. The Bertz CT molecular complexity index is 1630. The van der Waals surface area contributed by atoms with Crippen LogP contribution in [0.4, 0.5) is 0 Å².